The Balaban J connectivity index is 0.000000281. The Morgan fingerprint density at radius 2 is 2.25 bits per heavy atom. The van der Waals surface area contributed by atoms with Crippen molar-refractivity contribution in [3.05, 3.63) is 23.9 Å². The number of aliphatic carboxylic acids is 1. The molecule has 0 aliphatic heterocycles. The first-order valence-electron chi connectivity index (χ1n) is 4.72. The molecule has 1 aromatic rings. The molecule has 0 saturated carbocycles. The van der Waals surface area contributed by atoms with Crippen LogP contribution < -0.4 is 11.5 Å². The molecule has 1 atom stereocenters. The summed E-state index contributed by atoms with van der Waals surface area (Å²) < 4.78 is 0. The molecular weight excluding hydrogens is 210 g/mol. The van der Waals surface area contributed by atoms with Crippen molar-refractivity contribution in [2.24, 2.45) is 5.73 Å². The lowest BCUT2D eigenvalue weighted by Crippen LogP contribution is -2.27. The molecule has 0 fully saturated rings. The molecule has 6 nitrogen and oxygen atoms in total. The molecule has 0 saturated heterocycles. The van der Waals surface area contributed by atoms with Crippen LogP contribution in [0.4, 0.5) is 5.82 Å². The third-order valence-electron chi connectivity index (χ3n) is 1.61. The summed E-state index contributed by atoms with van der Waals surface area (Å²) in [4.78, 5) is 13.6. The number of nitrogen functional groups attached to an aromatic ring is 1. The summed E-state index contributed by atoms with van der Waals surface area (Å²) >= 11 is 0. The maximum Gasteiger partial charge on any atom is 0.305 e. The van der Waals surface area contributed by atoms with Gasteiger partial charge in [-0.2, -0.15) is 0 Å². The van der Waals surface area contributed by atoms with Crippen molar-refractivity contribution in [2.45, 2.75) is 19.4 Å². The van der Waals surface area contributed by atoms with Crippen molar-refractivity contribution in [3.63, 3.8) is 0 Å². The van der Waals surface area contributed by atoms with Gasteiger partial charge in [0, 0.05) is 12.2 Å². The highest BCUT2D eigenvalue weighted by atomic mass is 16.4. The van der Waals surface area contributed by atoms with Gasteiger partial charge in [-0.25, -0.2) is 4.98 Å². The lowest BCUT2D eigenvalue weighted by Gasteiger charge is -2.00. The molecule has 1 rings (SSSR count). The van der Waals surface area contributed by atoms with Gasteiger partial charge in [0.15, 0.2) is 0 Å². The van der Waals surface area contributed by atoms with Crippen LogP contribution in [-0.2, 0) is 4.79 Å². The molecule has 1 heterocycles. The Morgan fingerprint density at radius 1 is 1.62 bits per heavy atom. The van der Waals surface area contributed by atoms with Crippen LogP contribution in [0.25, 0.3) is 0 Å². The first-order valence-corrected chi connectivity index (χ1v) is 4.72. The average Bonchev–Trinajstić information content (AvgIpc) is 2.17. The van der Waals surface area contributed by atoms with Crippen LogP contribution >= 0.6 is 0 Å². The van der Waals surface area contributed by atoms with E-state index in [9.17, 15) is 4.79 Å². The van der Waals surface area contributed by atoms with E-state index in [0.717, 1.165) is 5.56 Å². The van der Waals surface area contributed by atoms with E-state index in [1.54, 1.807) is 6.20 Å². The molecule has 16 heavy (non-hydrogen) atoms. The number of anilines is 1. The van der Waals surface area contributed by atoms with E-state index in [0.29, 0.717) is 5.82 Å². The second-order valence-corrected chi connectivity index (χ2v) is 3.30. The van der Waals surface area contributed by atoms with E-state index >= 15 is 0 Å². The van der Waals surface area contributed by atoms with E-state index in [-0.39, 0.29) is 13.0 Å². The number of carboxylic acid groups (broad SMARTS) is 1. The number of nitrogens with zero attached hydrogens (tertiary/aromatic N) is 1. The number of aromatic nitrogens is 1. The van der Waals surface area contributed by atoms with Gasteiger partial charge in [0.2, 0.25) is 0 Å². The van der Waals surface area contributed by atoms with E-state index in [2.05, 4.69) is 4.98 Å². The minimum Gasteiger partial charge on any atom is -0.481 e. The highest BCUT2D eigenvalue weighted by molar-refractivity contribution is 5.67. The quantitative estimate of drug-likeness (QED) is 0.565. The van der Waals surface area contributed by atoms with Gasteiger partial charge in [-0.15, -0.1) is 0 Å². The molecule has 0 spiro atoms. The maximum absolute atomic E-state index is 9.78. The fraction of sp³-hybridized carbons (Fsp3) is 0.400. The molecule has 1 unspecified atom stereocenters. The number of carbonyl (C=O) groups is 1. The molecule has 6 N–H and O–H groups in total. The predicted molar refractivity (Wildman–Crippen MR) is 60.7 cm³/mol. The van der Waals surface area contributed by atoms with E-state index in [1.165, 1.54) is 0 Å². The predicted octanol–water partition coefficient (Wildman–Crippen LogP) is -0.247. The monoisotopic (exact) mass is 227 g/mol. The number of aliphatic hydroxyl groups excluding tert-OH is 1. The third-order valence-corrected chi connectivity index (χ3v) is 1.61. The van der Waals surface area contributed by atoms with Gasteiger partial charge in [0.05, 0.1) is 13.0 Å². The largest absolute Gasteiger partial charge is 0.481 e. The molecule has 0 radical (unpaired) electrons. The van der Waals surface area contributed by atoms with Gasteiger partial charge in [-0.05, 0) is 24.6 Å². The van der Waals surface area contributed by atoms with Crippen LogP contribution in [0.2, 0.25) is 0 Å². The Bertz CT molecular complexity index is 314. The van der Waals surface area contributed by atoms with Crippen molar-refractivity contribution in [2.75, 3.05) is 12.3 Å². The summed E-state index contributed by atoms with van der Waals surface area (Å²) in [7, 11) is 0. The number of nitrogens with two attached hydrogens (primary N) is 2. The Labute approximate surface area is 93.9 Å². The number of aryl methyl sites for hydroxylation is 1. The molecule has 0 amide bonds. The first kappa shape index (κ1) is 14.3. The minimum atomic E-state index is -0.980. The molecule has 0 aliphatic carbocycles. The van der Waals surface area contributed by atoms with Crippen LogP contribution in [0.5, 0.6) is 0 Å². The fourth-order valence-corrected chi connectivity index (χ4v) is 0.848. The van der Waals surface area contributed by atoms with Crippen molar-refractivity contribution in [1.29, 1.82) is 0 Å². The highest BCUT2D eigenvalue weighted by Gasteiger charge is 2.04. The summed E-state index contributed by atoms with van der Waals surface area (Å²) in [6, 6.07) is 3.13. The molecule has 0 aliphatic rings. The zero-order chi connectivity index (χ0) is 12.6. The van der Waals surface area contributed by atoms with Gasteiger partial charge in [0.25, 0.3) is 0 Å². The third kappa shape index (κ3) is 7.72. The summed E-state index contributed by atoms with van der Waals surface area (Å²) in [5, 5.41) is 16.2. The standard InChI is InChI=1S/C6H8N2.C4H9NO3/c1-5-2-3-8-6(7)4-5;5-3(2-6)1-4(7)8/h2-4H,1H3,(H2,7,8);3,6H,1-2,5H2,(H,7,8). The van der Waals surface area contributed by atoms with Gasteiger partial charge in [-0.3, -0.25) is 4.79 Å². The average molecular weight is 227 g/mol. The number of aliphatic hydroxyl groups is 1. The lowest BCUT2D eigenvalue weighted by molar-refractivity contribution is -0.137. The second kappa shape index (κ2) is 7.61. The maximum atomic E-state index is 9.78. The number of hydrogen-bond acceptors (Lipinski definition) is 5. The molecule has 90 valence electrons. The van der Waals surface area contributed by atoms with Crippen LogP contribution in [0, 0.1) is 6.92 Å². The zero-order valence-electron chi connectivity index (χ0n) is 9.13. The topological polar surface area (TPSA) is 122 Å². The molecule has 6 heteroatoms. The van der Waals surface area contributed by atoms with Crippen LogP contribution in [0.3, 0.4) is 0 Å². The van der Waals surface area contributed by atoms with Crippen molar-refractivity contribution in [3.8, 4) is 0 Å². The van der Waals surface area contributed by atoms with Crippen molar-refractivity contribution >= 4 is 11.8 Å². The highest BCUT2D eigenvalue weighted by Crippen LogP contribution is 1.98. The normalized spacial score (nSPS) is 11.2. The SMILES string of the molecule is Cc1ccnc(N)c1.NC(CO)CC(=O)O. The van der Waals surface area contributed by atoms with Crippen LogP contribution in [-0.4, -0.2) is 33.8 Å². The van der Waals surface area contributed by atoms with Gasteiger partial charge < -0.3 is 21.7 Å². The zero-order valence-corrected chi connectivity index (χ0v) is 9.13. The van der Waals surface area contributed by atoms with E-state index < -0.39 is 12.0 Å². The number of carboxylic acids is 1. The van der Waals surface area contributed by atoms with Crippen LogP contribution in [0.15, 0.2) is 18.3 Å². The Morgan fingerprint density at radius 3 is 2.50 bits per heavy atom. The van der Waals surface area contributed by atoms with Crippen molar-refractivity contribution in [1.82, 2.24) is 4.98 Å². The molecule has 0 bridgehead atoms. The van der Waals surface area contributed by atoms with E-state index in [4.69, 9.17) is 21.7 Å². The Hall–Kier alpha value is -1.66. The minimum absolute atomic E-state index is 0.170. The van der Waals surface area contributed by atoms with Gasteiger partial charge >= 0.3 is 5.97 Å². The smallest absolute Gasteiger partial charge is 0.305 e. The Kier molecular flexibility index (Phi) is 6.82. The molecular formula is C10H17N3O3. The van der Waals surface area contributed by atoms with E-state index in [1.807, 2.05) is 19.1 Å². The summed E-state index contributed by atoms with van der Waals surface area (Å²) in [6.45, 7) is 1.71. The van der Waals surface area contributed by atoms with Crippen molar-refractivity contribution < 1.29 is 15.0 Å². The van der Waals surface area contributed by atoms with Gasteiger partial charge in [-0.1, -0.05) is 0 Å². The van der Waals surface area contributed by atoms with Gasteiger partial charge in [0.1, 0.15) is 5.82 Å². The number of rotatable bonds is 3. The summed E-state index contributed by atoms with van der Waals surface area (Å²) in [6.07, 6.45) is 1.53. The number of pyridine rings is 1. The molecule has 0 aromatic carbocycles. The lowest BCUT2D eigenvalue weighted by atomic mass is 10.2. The van der Waals surface area contributed by atoms with Crippen LogP contribution in [0.1, 0.15) is 12.0 Å². The molecule has 1 aromatic heterocycles. The second-order valence-electron chi connectivity index (χ2n) is 3.30. The summed E-state index contributed by atoms with van der Waals surface area (Å²) in [5.74, 6) is -0.392. The summed E-state index contributed by atoms with van der Waals surface area (Å²) in [5.41, 5.74) is 11.5. The fourth-order valence-electron chi connectivity index (χ4n) is 0.848. The number of hydrogen-bond donors (Lipinski definition) is 4. The first-order chi connectivity index (χ1) is 7.45.